The average Bonchev–Trinajstić information content (AvgIpc) is 1.85. The Bertz CT molecular complexity index is 101. The van der Waals surface area contributed by atoms with Gasteiger partial charge in [0.05, 0.1) is 6.10 Å². The molecule has 2 heteroatoms. The van der Waals surface area contributed by atoms with E-state index in [9.17, 15) is 0 Å². The van der Waals surface area contributed by atoms with Gasteiger partial charge >= 0.3 is 0 Å². The van der Waals surface area contributed by atoms with Crippen LogP contribution < -0.4 is 5.73 Å². The summed E-state index contributed by atoms with van der Waals surface area (Å²) in [4.78, 5) is 0. The van der Waals surface area contributed by atoms with E-state index in [0.29, 0.717) is 5.92 Å². The third-order valence-electron chi connectivity index (χ3n) is 1.42. The van der Waals surface area contributed by atoms with Crippen molar-refractivity contribution in [3.05, 3.63) is 12.7 Å². The highest BCUT2D eigenvalue weighted by molar-refractivity contribution is 4.86. The van der Waals surface area contributed by atoms with E-state index in [0.717, 1.165) is 6.42 Å². The van der Waals surface area contributed by atoms with Crippen LogP contribution in [0.4, 0.5) is 0 Å². The van der Waals surface area contributed by atoms with Crippen LogP contribution in [0, 0.1) is 5.92 Å². The van der Waals surface area contributed by atoms with Crippen LogP contribution in [0.15, 0.2) is 12.7 Å². The Labute approximate surface area is 62.7 Å². The fraction of sp³-hybridized carbons (Fsp3) is 0.750. The highest BCUT2D eigenvalue weighted by Crippen LogP contribution is 2.05. The molecule has 0 aliphatic rings. The zero-order valence-corrected chi connectivity index (χ0v) is 6.75. The molecule has 3 N–H and O–H groups in total. The summed E-state index contributed by atoms with van der Waals surface area (Å²) >= 11 is 0. The van der Waals surface area contributed by atoms with Gasteiger partial charge in [-0.3, -0.25) is 0 Å². The molecule has 0 bridgehead atoms. The fourth-order valence-corrected chi connectivity index (χ4v) is 0.859. The molecular weight excluding hydrogens is 126 g/mol. The molecule has 0 aliphatic carbocycles. The van der Waals surface area contributed by atoms with E-state index >= 15 is 0 Å². The predicted octanol–water partition coefficient (Wildman–Crippen LogP) is 0.907. The molecule has 0 aliphatic heterocycles. The molecule has 0 saturated heterocycles. The van der Waals surface area contributed by atoms with E-state index in [1.54, 1.807) is 0 Å². The molecule has 10 heavy (non-hydrogen) atoms. The smallest absolute Gasteiger partial charge is 0.0869 e. The minimum absolute atomic E-state index is 0.155. The topological polar surface area (TPSA) is 46.2 Å². The van der Waals surface area contributed by atoms with Crippen molar-refractivity contribution < 1.29 is 5.11 Å². The van der Waals surface area contributed by atoms with E-state index in [-0.39, 0.29) is 6.04 Å². The standard InChI is InChI=1S/C8H17NO/c1-4-8(10)7(9)5-6(2)3/h4,6-8,10H,1,5,9H2,2-3H3/t7-,8?/m0/s1. The molecule has 0 aromatic rings. The zero-order valence-electron chi connectivity index (χ0n) is 6.75. The lowest BCUT2D eigenvalue weighted by Crippen LogP contribution is -2.34. The molecule has 0 saturated carbocycles. The van der Waals surface area contributed by atoms with Crippen LogP contribution in [0.1, 0.15) is 20.3 Å². The first-order valence-corrected chi connectivity index (χ1v) is 3.64. The van der Waals surface area contributed by atoms with Crippen molar-refractivity contribution >= 4 is 0 Å². The van der Waals surface area contributed by atoms with Gasteiger partial charge < -0.3 is 10.8 Å². The first-order chi connectivity index (χ1) is 4.57. The fourth-order valence-electron chi connectivity index (χ4n) is 0.859. The van der Waals surface area contributed by atoms with E-state index in [2.05, 4.69) is 20.4 Å². The minimum atomic E-state index is -0.553. The maximum absolute atomic E-state index is 9.13. The third kappa shape index (κ3) is 3.64. The van der Waals surface area contributed by atoms with Crippen LogP contribution in [0.2, 0.25) is 0 Å². The Morgan fingerprint density at radius 2 is 2.10 bits per heavy atom. The highest BCUT2D eigenvalue weighted by atomic mass is 16.3. The maximum atomic E-state index is 9.13. The van der Waals surface area contributed by atoms with Gasteiger partial charge in [-0.2, -0.15) is 0 Å². The largest absolute Gasteiger partial charge is 0.387 e. The van der Waals surface area contributed by atoms with Gasteiger partial charge in [-0.1, -0.05) is 19.9 Å². The second-order valence-corrected chi connectivity index (χ2v) is 3.02. The average molecular weight is 143 g/mol. The van der Waals surface area contributed by atoms with Gasteiger partial charge in [0, 0.05) is 6.04 Å². The van der Waals surface area contributed by atoms with Gasteiger partial charge in [0.25, 0.3) is 0 Å². The Morgan fingerprint density at radius 3 is 2.40 bits per heavy atom. The molecule has 0 rings (SSSR count). The lowest BCUT2D eigenvalue weighted by atomic mass is 10.0. The van der Waals surface area contributed by atoms with Crippen LogP contribution in [0.5, 0.6) is 0 Å². The van der Waals surface area contributed by atoms with Gasteiger partial charge in [0.1, 0.15) is 0 Å². The third-order valence-corrected chi connectivity index (χ3v) is 1.42. The van der Waals surface area contributed by atoms with Crippen molar-refractivity contribution in [3.63, 3.8) is 0 Å². The number of aliphatic hydroxyl groups excluding tert-OH is 1. The molecule has 0 radical (unpaired) electrons. The van der Waals surface area contributed by atoms with Gasteiger partial charge in [-0.15, -0.1) is 6.58 Å². The Kier molecular flexibility index (Phi) is 4.32. The lowest BCUT2D eigenvalue weighted by Gasteiger charge is -2.16. The van der Waals surface area contributed by atoms with Crippen molar-refractivity contribution in [2.45, 2.75) is 32.4 Å². The quantitative estimate of drug-likeness (QED) is 0.574. The van der Waals surface area contributed by atoms with Gasteiger partial charge in [-0.25, -0.2) is 0 Å². The van der Waals surface area contributed by atoms with E-state index in [1.165, 1.54) is 6.08 Å². The van der Waals surface area contributed by atoms with Crippen molar-refractivity contribution in [2.75, 3.05) is 0 Å². The summed E-state index contributed by atoms with van der Waals surface area (Å²) < 4.78 is 0. The Hall–Kier alpha value is -0.340. The molecule has 2 nitrogen and oxygen atoms in total. The number of hydrogen-bond acceptors (Lipinski definition) is 2. The van der Waals surface area contributed by atoms with Crippen LogP contribution in [-0.2, 0) is 0 Å². The summed E-state index contributed by atoms with van der Waals surface area (Å²) in [5, 5.41) is 9.13. The monoisotopic (exact) mass is 143 g/mol. The van der Waals surface area contributed by atoms with Crippen molar-refractivity contribution in [2.24, 2.45) is 11.7 Å². The maximum Gasteiger partial charge on any atom is 0.0869 e. The van der Waals surface area contributed by atoms with Crippen LogP contribution in [-0.4, -0.2) is 17.3 Å². The van der Waals surface area contributed by atoms with Crippen molar-refractivity contribution in [1.82, 2.24) is 0 Å². The molecular formula is C8H17NO. The SMILES string of the molecule is C=CC(O)[C@@H](N)CC(C)C. The first-order valence-electron chi connectivity index (χ1n) is 3.64. The Morgan fingerprint density at radius 1 is 1.60 bits per heavy atom. The molecule has 0 heterocycles. The summed E-state index contributed by atoms with van der Waals surface area (Å²) in [6.45, 7) is 7.62. The Balaban J connectivity index is 3.60. The van der Waals surface area contributed by atoms with Crippen LogP contribution in [0.3, 0.4) is 0 Å². The summed E-state index contributed by atoms with van der Waals surface area (Å²) in [6, 6.07) is -0.155. The normalized spacial score (nSPS) is 16.9. The summed E-state index contributed by atoms with van der Waals surface area (Å²) in [5.41, 5.74) is 5.61. The number of hydrogen-bond donors (Lipinski definition) is 2. The van der Waals surface area contributed by atoms with Crippen LogP contribution in [0.25, 0.3) is 0 Å². The molecule has 2 atom stereocenters. The van der Waals surface area contributed by atoms with Crippen molar-refractivity contribution in [3.8, 4) is 0 Å². The second kappa shape index (κ2) is 4.47. The molecule has 1 unspecified atom stereocenters. The first kappa shape index (κ1) is 9.66. The molecule has 60 valence electrons. The second-order valence-electron chi connectivity index (χ2n) is 3.02. The lowest BCUT2D eigenvalue weighted by molar-refractivity contribution is 0.179. The molecule has 0 spiro atoms. The van der Waals surface area contributed by atoms with Gasteiger partial charge in [0.2, 0.25) is 0 Å². The number of aliphatic hydroxyl groups is 1. The highest BCUT2D eigenvalue weighted by Gasteiger charge is 2.11. The molecule has 0 amide bonds. The summed E-state index contributed by atoms with van der Waals surface area (Å²) in [5.74, 6) is 0.532. The molecule has 0 aromatic carbocycles. The number of rotatable bonds is 4. The van der Waals surface area contributed by atoms with E-state index in [4.69, 9.17) is 10.8 Å². The van der Waals surface area contributed by atoms with Gasteiger partial charge in [-0.05, 0) is 12.3 Å². The zero-order chi connectivity index (χ0) is 8.15. The summed E-state index contributed by atoms with van der Waals surface area (Å²) in [7, 11) is 0. The van der Waals surface area contributed by atoms with E-state index < -0.39 is 6.10 Å². The van der Waals surface area contributed by atoms with Crippen molar-refractivity contribution in [1.29, 1.82) is 0 Å². The minimum Gasteiger partial charge on any atom is -0.387 e. The van der Waals surface area contributed by atoms with Gasteiger partial charge in [0.15, 0.2) is 0 Å². The van der Waals surface area contributed by atoms with E-state index in [1.807, 2.05) is 0 Å². The van der Waals surface area contributed by atoms with Crippen LogP contribution >= 0.6 is 0 Å². The predicted molar refractivity (Wildman–Crippen MR) is 43.6 cm³/mol. The molecule has 0 aromatic heterocycles. The molecule has 0 fully saturated rings. The number of nitrogens with two attached hydrogens (primary N) is 1. The summed E-state index contributed by atoms with van der Waals surface area (Å²) in [6.07, 6.45) is 1.77.